The molecular formula is C25H21N3O3. The quantitative estimate of drug-likeness (QED) is 0.445. The number of nitrogens with zero attached hydrogens (tertiary/aromatic N) is 3. The first-order valence-electron chi connectivity index (χ1n) is 9.98. The topological polar surface area (TPSA) is 92.2 Å². The van der Waals surface area contributed by atoms with Gasteiger partial charge in [0.25, 0.3) is 0 Å². The molecule has 0 aliphatic carbocycles. The van der Waals surface area contributed by atoms with Crippen LogP contribution in [0.2, 0.25) is 0 Å². The molecular weight excluding hydrogens is 390 g/mol. The summed E-state index contributed by atoms with van der Waals surface area (Å²) in [6.45, 7) is 0.473. The largest absolute Gasteiger partial charge is 0.489 e. The highest BCUT2D eigenvalue weighted by Crippen LogP contribution is 2.23. The first-order chi connectivity index (χ1) is 15.2. The molecule has 4 rings (SSSR count). The number of rotatable bonds is 8. The van der Waals surface area contributed by atoms with Crippen LogP contribution in [0.3, 0.4) is 0 Å². The van der Waals surface area contributed by atoms with Gasteiger partial charge < -0.3 is 14.3 Å². The third kappa shape index (κ3) is 5.35. The smallest absolute Gasteiger partial charge is 0.195 e. The van der Waals surface area contributed by atoms with Crippen LogP contribution < -0.4 is 4.74 Å². The van der Waals surface area contributed by atoms with Gasteiger partial charge in [-0.05, 0) is 41.8 Å². The summed E-state index contributed by atoms with van der Waals surface area (Å²) >= 11 is 0. The molecule has 0 bridgehead atoms. The minimum Gasteiger partial charge on any atom is -0.489 e. The average molecular weight is 411 g/mol. The van der Waals surface area contributed by atoms with E-state index in [0.717, 1.165) is 16.9 Å². The molecule has 4 aromatic rings. The van der Waals surface area contributed by atoms with Crippen molar-refractivity contribution in [2.24, 2.45) is 0 Å². The fraction of sp³-hybridized carbons (Fsp3) is 0.160. The van der Waals surface area contributed by atoms with Crippen molar-refractivity contribution >= 4 is 0 Å². The Balaban J connectivity index is 1.31. The number of aliphatic hydroxyl groups is 1. The third-order valence-electron chi connectivity index (χ3n) is 4.81. The van der Waals surface area contributed by atoms with Crippen LogP contribution in [0.25, 0.3) is 11.5 Å². The number of hydrogen-bond donors (Lipinski definition) is 1. The molecule has 6 heteroatoms. The van der Waals surface area contributed by atoms with Crippen LogP contribution in [0.4, 0.5) is 0 Å². The highest BCUT2D eigenvalue weighted by Gasteiger charge is 2.12. The molecule has 1 atom stereocenters. The monoisotopic (exact) mass is 411 g/mol. The molecule has 1 N–H and O–H groups in total. The lowest BCUT2D eigenvalue weighted by atomic mass is 10.0. The Bertz CT molecular complexity index is 1160. The lowest BCUT2D eigenvalue weighted by Crippen LogP contribution is -2.01. The van der Waals surface area contributed by atoms with Gasteiger partial charge in [0.15, 0.2) is 11.7 Å². The molecule has 1 unspecified atom stereocenters. The van der Waals surface area contributed by atoms with Crippen molar-refractivity contribution in [2.75, 3.05) is 0 Å². The van der Waals surface area contributed by atoms with Gasteiger partial charge in [0.1, 0.15) is 29.8 Å². The second-order valence-electron chi connectivity index (χ2n) is 7.04. The maximum absolute atomic E-state index is 10.5. The molecule has 154 valence electrons. The maximum atomic E-state index is 10.5. The lowest BCUT2D eigenvalue weighted by Gasteiger charge is -2.11. The van der Waals surface area contributed by atoms with Crippen molar-refractivity contribution in [3.8, 4) is 23.3 Å². The van der Waals surface area contributed by atoms with E-state index in [2.05, 4.69) is 9.97 Å². The number of hydrogen-bond acceptors (Lipinski definition) is 6. The number of pyridine rings is 1. The van der Waals surface area contributed by atoms with Gasteiger partial charge in [-0.1, -0.05) is 48.5 Å². The van der Waals surface area contributed by atoms with Gasteiger partial charge in [-0.15, -0.1) is 0 Å². The first-order valence-corrected chi connectivity index (χ1v) is 9.98. The van der Waals surface area contributed by atoms with Gasteiger partial charge in [0.05, 0.1) is 12.3 Å². The third-order valence-corrected chi connectivity index (χ3v) is 4.81. The van der Waals surface area contributed by atoms with Crippen molar-refractivity contribution < 1.29 is 14.3 Å². The van der Waals surface area contributed by atoms with Crippen LogP contribution in [0.1, 0.15) is 35.2 Å². The van der Waals surface area contributed by atoms with Gasteiger partial charge in [-0.25, -0.2) is 9.97 Å². The second kappa shape index (κ2) is 9.70. The molecule has 0 saturated heterocycles. The molecule has 31 heavy (non-hydrogen) atoms. The standard InChI is InChI=1S/C25H21N3O3/c26-15-20-5-4-8-22(28-20)24-16-27-25(31-24)14-13-23(29)19-11-9-18(10-12-19)17-30-21-6-2-1-3-7-21/h1-12,16,23,29H,13-14,17H2. The lowest BCUT2D eigenvalue weighted by molar-refractivity contribution is 0.165. The first kappa shape index (κ1) is 20.3. The van der Waals surface area contributed by atoms with Crippen LogP contribution in [0, 0.1) is 11.3 Å². The minimum atomic E-state index is -0.625. The molecule has 0 radical (unpaired) electrons. The van der Waals surface area contributed by atoms with Gasteiger partial charge in [-0.3, -0.25) is 0 Å². The van der Waals surface area contributed by atoms with Crippen molar-refractivity contribution in [1.29, 1.82) is 5.26 Å². The number of aromatic nitrogens is 2. The van der Waals surface area contributed by atoms with Crippen LogP contribution in [0.5, 0.6) is 5.75 Å². The summed E-state index contributed by atoms with van der Waals surface area (Å²) in [5, 5.41) is 19.5. The van der Waals surface area contributed by atoms with E-state index in [4.69, 9.17) is 14.4 Å². The van der Waals surface area contributed by atoms with Crippen LogP contribution in [-0.4, -0.2) is 15.1 Å². The molecule has 6 nitrogen and oxygen atoms in total. The Labute approximate surface area is 180 Å². The van der Waals surface area contributed by atoms with E-state index in [1.165, 1.54) is 0 Å². The predicted molar refractivity (Wildman–Crippen MR) is 115 cm³/mol. The van der Waals surface area contributed by atoms with Crippen molar-refractivity contribution in [3.05, 3.63) is 102 Å². The average Bonchev–Trinajstić information content (AvgIpc) is 3.31. The zero-order chi connectivity index (χ0) is 21.5. The molecule has 0 aliphatic rings. The highest BCUT2D eigenvalue weighted by atomic mass is 16.5. The van der Waals surface area contributed by atoms with Crippen LogP contribution in [-0.2, 0) is 13.0 Å². The number of nitriles is 1. The summed E-state index contributed by atoms with van der Waals surface area (Å²) in [4.78, 5) is 8.47. The number of ether oxygens (including phenoxy) is 1. The zero-order valence-corrected chi connectivity index (χ0v) is 16.8. The normalized spacial score (nSPS) is 11.6. The molecule has 0 spiro atoms. The van der Waals surface area contributed by atoms with E-state index in [9.17, 15) is 5.11 Å². The fourth-order valence-electron chi connectivity index (χ4n) is 3.12. The summed E-state index contributed by atoms with van der Waals surface area (Å²) < 4.78 is 11.5. The molecule has 2 aromatic heterocycles. The Morgan fingerprint density at radius 1 is 1.00 bits per heavy atom. The molecule has 2 aromatic carbocycles. The van der Waals surface area contributed by atoms with Crippen molar-refractivity contribution in [1.82, 2.24) is 9.97 Å². The number of benzene rings is 2. The second-order valence-corrected chi connectivity index (χ2v) is 7.04. The van der Waals surface area contributed by atoms with Crippen molar-refractivity contribution in [3.63, 3.8) is 0 Å². The van der Waals surface area contributed by atoms with E-state index >= 15 is 0 Å². The van der Waals surface area contributed by atoms with E-state index in [1.807, 2.05) is 60.7 Å². The summed E-state index contributed by atoms with van der Waals surface area (Å²) in [5.41, 5.74) is 2.75. The summed E-state index contributed by atoms with van der Waals surface area (Å²) in [5.74, 6) is 1.85. The summed E-state index contributed by atoms with van der Waals surface area (Å²) in [6, 6.07) is 24.6. The Kier molecular flexibility index (Phi) is 6.36. The number of para-hydroxylation sites is 1. The molecule has 0 fully saturated rings. The van der Waals surface area contributed by atoms with E-state index in [0.29, 0.717) is 42.5 Å². The molecule has 0 saturated carbocycles. The number of aliphatic hydroxyl groups excluding tert-OH is 1. The maximum Gasteiger partial charge on any atom is 0.195 e. The Morgan fingerprint density at radius 2 is 1.81 bits per heavy atom. The van der Waals surface area contributed by atoms with Gasteiger partial charge in [0.2, 0.25) is 0 Å². The molecule has 2 heterocycles. The Morgan fingerprint density at radius 3 is 2.58 bits per heavy atom. The van der Waals surface area contributed by atoms with Crippen LogP contribution in [0.15, 0.2) is 83.4 Å². The Hall–Kier alpha value is -3.95. The zero-order valence-electron chi connectivity index (χ0n) is 16.8. The van der Waals surface area contributed by atoms with E-state index in [-0.39, 0.29) is 0 Å². The van der Waals surface area contributed by atoms with Gasteiger partial charge >= 0.3 is 0 Å². The molecule has 0 aliphatic heterocycles. The number of aryl methyl sites for hydroxylation is 1. The fourth-order valence-corrected chi connectivity index (χ4v) is 3.12. The molecule has 0 amide bonds. The number of oxazole rings is 1. The summed E-state index contributed by atoms with van der Waals surface area (Å²) in [7, 11) is 0. The van der Waals surface area contributed by atoms with Crippen molar-refractivity contribution in [2.45, 2.75) is 25.6 Å². The predicted octanol–water partition coefficient (Wildman–Crippen LogP) is 4.85. The SMILES string of the molecule is N#Cc1cccc(-c2cnc(CCC(O)c3ccc(COc4ccccc4)cc3)o2)n1. The van der Waals surface area contributed by atoms with Gasteiger partial charge in [0, 0.05) is 6.42 Å². The van der Waals surface area contributed by atoms with E-state index < -0.39 is 6.10 Å². The highest BCUT2D eigenvalue weighted by molar-refractivity contribution is 5.51. The van der Waals surface area contributed by atoms with E-state index in [1.54, 1.807) is 24.4 Å². The van der Waals surface area contributed by atoms with Gasteiger partial charge in [-0.2, -0.15) is 5.26 Å². The summed E-state index contributed by atoms with van der Waals surface area (Å²) in [6.07, 6.45) is 1.93. The minimum absolute atomic E-state index is 0.323. The van der Waals surface area contributed by atoms with Crippen LogP contribution >= 0.6 is 0 Å².